The molecule has 20 heavy (non-hydrogen) atoms. The van der Waals surface area contributed by atoms with Crippen LogP contribution in [0.2, 0.25) is 0 Å². The fraction of sp³-hybridized carbons (Fsp3) is 0.286. The van der Waals surface area contributed by atoms with Gasteiger partial charge in [-0.2, -0.15) is 0 Å². The molecule has 1 aromatic heterocycles. The number of nitrogens with zero attached hydrogens (tertiary/aromatic N) is 1. The number of thioether (sulfide) groups is 1. The van der Waals surface area contributed by atoms with E-state index in [1.165, 1.54) is 11.8 Å². The summed E-state index contributed by atoms with van der Waals surface area (Å²) in [6.45, 7) is 2.05. The van der Waals surface area contributed by atoms with E-state index in [9.17, 15) is 4.79 Å². The Morgan fingerprint density at radius 2 is 2.35 bits per heavy atom. The highest BCUT2D eigenvalue weighted by molar-refractivity contribution is 7.99. The number of methoxy groups -OCH3 is 1. The number of rotatable bonds is 6. The number of aromatic nitrogens is 2. The number of ether oxygens (including phenoxy) is 1. The summed E-state index contributed by atoms with van der Waals surface area (Å²) in [6.07, 6.45) is 2.70. The van der Waals surface area contributed by atoms with Crippen molar-refractivity contribution in [3.8, 4) is 5.75 Å². The van der Waals surface area contributed by atoms with Crippen molar-refractivity contribution >= 4 is 23.4 Å². The second-order valence-electron chi connectivity index (χ2n) is 4.14. The zero-order valence-corrected chi connectivity index (χ0v) is 12.3. The number of hydrogen-bond acceptors (Lipinski definition) is 4. The molecule has 0 fully saturated rings. The highest BCUT2D eigenvalue weighted by Gasteiger charge is 2.06. The molecule has 0 aliphatic rings. The number of carbonyl (C=O) groups is 1. The van der Waals surface area contributed by atoms with Gasteiger partial charge in [-0.1, -0.05) is 24.8 Å². The third kappa shape index (κ3) is 4.03. The maximum Gasteiger partial charge on any atom is 0.234 e. The summed E-state index contributed by atoms with van der Waals surface area (Å²) in [5, 5.41) is 3.59. The van der Waals surface area contributed by atoms with Crippen LogP contribution < -0.4 is 10.1 Å². The van der Waals surface area contributed by atoms with Gasteiger partial charge in [-0.3, -0.25) is 4.79 Å². The summed E-state index contributed by atoms with van der Waals surface area (Å²) >= 11 is 1.38. The van der Waals surface area contributed by atoms with Gasteiger partial charge in [0, 0.05) is 23.6 Å². The molecule has 2 N–H and O–H groups in total. The first kappa shape index (κ1) is 14.5. The zero-order chi connectivity index (χ0) is 14.4. The van der Waals surface area contributed by atoms with E-state index in [2.05, 4.69) is 22.2 Å². The van der Waals surface area contributed by atoms with Crippen LogP contribution in [0.1, 0.15) is 12.6 Å². The topological polar surface area (TPSA) is 67.0 Å². The first-order valence-electron chi connectivity index (χ1n) is 6.32. The molecular weight excluding hydrogens is 274 g/mol. The largest absolute Gasteiger partial charge is 0.497 e. The van der Waals surface area contributed by atoms with Crippen molar-refractivity contribution < 1.29 is 9.53 Å². The maximum atomic E-state index is 11.8. The van der Waals surface area contributed by atoms with Crippen molar-refractivity contribution in [3.63, 3.8) is 0 Å². The van der Waals surface area contributed by atoms with E-state index in [1.807, 2.05) is 18.2 Å². The van der Waals surface area contributed by atoms with Gasteiger partial charge in [-0.25, -0.2) is 4.98 Å². The second kappa shape index (κ2) is 7.00. The Kier molecular flexibility index (Phi) is 5.06. The Hall–Kier alpha value is -1.95. The highest BCUT2D eigenvalue weighted by atomic mass is 32.2. The van der Waals surface area contributed by atoms with E-state index in [4.69, 9.17) is 4.74 Å². The van der Waals surface area contributed by atoms with Gasteiger partial charge >= 0.3 is 0 Å². The number of hydrogen-bond donors (Lipinski definition) is 2. The molecule has 0 bridgehead atoms. The maximum absolute atomic E-state index is 11.8. The summed E-state index contributed by atoms with van der Waals surface area (Å²) in [5.74, 6) is 0.959. The molecule has 2 rings (SSSR count). The molecule has 0 aliphatic carbocycles. The van der Waals surface area contributed by atoms with Crippen molar-refractivity contribution in [2.45, 2.75) is 18.5 Å². The van der Waals surface area contributed by atoms with E-state index < -0.39 is 0 Å². The van der Waals surface area contributed by atoms with Crippen LogP contribution in [0.15, 0.2) is 35.6 Å². The van der Waals surface area contributed by atoms with Gasteiger partial charge in [0.1, 0.15) is 5.75 Å². The van der Waals surface area contributed by atoms with Gasteiger partial charge in [-0.05, 0) is 18.6 Å². The monoisotopic (exact) mass is 291 g/mol. The van der Waals surface area contributed by atoms with Crippen molar-refractivity contribution in [2.24, 2.45) is 0 Å². The van der Waals surface area contributed by atoms with Gasteiger partial charge < -0.3 is 15.0 Å². The van der Waals surface area contributed by atoms with Crippen LogP contribution in [0.4, 0.5) is 5.69 Å². The predicted molar refractivity (Wildman–Crippen MR) is 80.3 cm³/mol. The average molecular weight is 291 g/mol. The van der Waals surface area contributed by atoms with E-state index in [-0.39, 0.29) is 5.91 Å². The van der Waals surface area contributed by atoms with Crippen LogP contribution >= 0.6 is 11.8 Å². The second-order valence-corrected chi connectivity index (χ2v) is 5.10. The van der Waals surface area contributed by atoms with Crippen molar-refractivity contribution in [2.75, 3.05) is 18.2 Å². The minimum atomic E-state index is -0.0716. The number of carbonyl (C=O) groups excluding carboxylic acids is 1. The number of benzene rings is 1. The minimum absolute atomic E-state index is 0.0716. The lowest BCUT2D eigenvalue weighted by Gasteiger charge is -2.06. The Bertz CT molecular complexity index is 583. The fourth-order valence-corrected chi connectivity index (χ4v) is 2.29. The van der Waals surface area contributed by atoms with Crippen LogP contribution in [0, 0.1) is 0 Å². The lowest BCUT2D eigenvalue weighted by molar-refractivity contribution is -0.113. The number of nitrogens with one attached hydrogen (secondary N) is 2. The first-order valence-corrected chi connectivity index (χ1v) is 7.30. The molecular formula is C14H17N3O2S. The normalized spacial score (nSPS) is 10.3. The summed E-state index contributed by atoms with van der Waals surface area (Å²) in [5.41, 5.74) is 1.80. The van der Waals surface area contributed by atoms with Crippen molar-refractivity contribution in [1.82, 2.24) is 9.97 Å². The van der Waals surface area contributed by atoms with Crippen molar-refractivity contribution in [1.29, 1.82) is 0 Å². The molecule has 0 radical (unpaired) electrons. The van der Waals surface area contributed by atoms with Gasteiger partial charge in [0.15, 0.2) is 5.16 Å². The smallest absolute Gasteiger partial charge is 0.234 e. The summed E-state index contributed by atoms with van der Waals surface area (Å²) in [6, 6.07) is 7.28. The molecule has 2 aromatic rings. The Morgan fingerprint density at radius 3 is 3.05 bits per heavy atom. The van der Waals surface area contributed by atoms with Crippen LogP contribution in [0.25, 0.3) is 0 Å². The van der Waals surface area contributed by atoms with Gasteiger partial charge in [-0.15, -0.1) is 0 Å². The lowest BCUT2D eigenvalue weighted by Crippen LogP contribution is -2.14. The van der Waals surface area contributed by atoms with E-state index in [1.54, 1.807) is 19.4 Å². The molecule has 0 saturated carbocycles. The molecule has 5 nitrogen and oxygen atoms in total. The minimum Gasteiger partial charge on any atom is -0.497 e. The van der Waals surface area contributed by atoms with E-state index >= 15 is 0 Å². The summed E-state index contributed by atoms with van der Waals surface area (Å²) in [4.78, 5) is 19.2. The Balaban J connectivity index is 1.85. The first-order chi connectivity index (χ1) is 9.71. The quantitative estimate of drug-likeness (QED) is 0.803. The van der Waals surface area contributed by atoms with Crippen LogP contribution in [-0.2, 0) is 11.2 Å². The standard InChI is InChI=1S/C14H17N3O2S/c1-3-10-8-15-14(17-10)20-9-13(18)16-11-5-4-6-12(7-11)19-2/h4-8H,3,9H2,1-2H3,(H,15,17)(H,16,18). The molecule has 1 heterocycles. The predicted octanol–water partition coefficient (Wildman–Crippen LogP) is 2.71. The van der Waals surface area contributed by atoms with E-state index in [0.717, 1.165) is 23.0 Å². The Morgan fingerprint density at radius 1 is 1.50 bits per heavy atom. The number of anilines is 1. The molecule has 0 unspecified atom stereocenters. The third-order valence-electron chi connectivity index (χ3n) is 2.68. The lowest BCUT2D eigenvalue weighted by atomic mass is 10.3. The molecule has 1 amide bonds. The Labute approximate surface area is 122 Å². The van der Waals surface area contributed by atoms with Gasteiger partial charge in [0.05, 0.1) is 12.9 Å². The molecule has 6 heteroatoms. The zero-order valence-electron chi connectivity index (χ0n) is 11.5. The number of aromatic amines is 1. The SMILES string of the molecule is CCc1cnc(SCC(=O)Nc2cccc(OC)c2)[nH]1. The third-order valence-corrected chi connectivity index (χ3v) is 3.57. The van der Waals surface area contributed by atoms with Crippen LogP contribution in [-0.4, -0.2) is 28.7 Å². The summed E-state index contributed by atoms with van der Waals surface area (Å²) in [7, 11) is 1.60. The molecule has 106 valence electrons. The van der Waals surface area contributed by atoms with Gasteiger partial charge in [0.2, 0.25) is 5.91 Å². The average Bonchev–Trinajstić information content (AvgIpc) is 2.93. The number of H-pyrrole nitrogens is 1. The molecule has 0 aliphatic heterocycles. The molecule has 0 saturated heterocycles. The fourth-order valence-electron chi connectivity index (χ4n) is 1.62. The number of imidazole rings is 1. The number of aryl methyl sites for hydroxylation is 1. The molecule has 0 spiro atoms. The van der Waals surface area contributed by atoms with Crippen LogP contribution in [0.5, 0.6) is 5.75 Å². The molecule has 1 aromatic carbocycles. The number of amides is 1. The van der Waals surface area contributed by atoms with E-state index in [0.29, 0.717) is 11.5 Å². The van der Waals surface area contributed by atoms with Crippen molar-refractivity contribution in [3.05, 3.63) is 36.2 Å². The summed E-state index contributed by atoms with van der Waals surface area (Å²) < 4.78 is 5.11. The van der Waals surface area contributed by atoms with Gasteiger partial charge in [0.25, 0.3) is 0 Å². The molecule has 0 atom stereocenters. The van der Waals surface area contributed by atoms with Crippen LogP contribution in [0.3, 0.4) is 0 Å². The highest BCUT2D eigenvalue weighted by Crippen LogP contribution is 2.18.